The number of hydrogen-bond acceptors (Lipinski definition) is 2. The van der Waals surface area contributed by atoms with E-state index in [0.717, 1.165) is 23.9 Å². The quantitative estimate of drug-likeness (QED) is 0.918. The van der Waals surface area contributed by atoms with Gasteiger partial charge in [0, 0.05) is 24.0 Å². The summed E-state index contributed by atoms with van der Waals surface area (Å²) < 4.78 is 6.16. The minimum Gasteiger partial charge on any atom is -0.485 e. The molecule has 0 spiro atoms. The van der Waals surface area contributed by atoms with Gasteiger partial charge in [0.2, 0.25) is 0 Å². The Bertz CT molecular complexity index is 526. The van der Waals surface area contributed by atoms with Crippen molar-refractivity contribution in [1.29, 1.82) is 0 Å². The molecular formula is C16H17Cl2NO. The van der Waals surface area contributed by atoms with Crippen LogP contribution in [0.15, 0.2) is 54.6 Å². The van der Waals surface area contributed by atoms with Crippen LogP contribution in [0.1, 0.15) is 11.7 Å². The molecule has 0 radical (unpaired) electrons. The first-order valence-corrected chi connectivity index (χ1v) is 6.88. The molecule has 4 heteroatoms. The second-order valence-electron chi connectivity index (χ2n) is 4.82. The van der Waals surface area contributed by atoms with Crippen LogP contribution in [0.2, 0.25) is 5.02 Å². The number of nitrogens with one attached hydrogen (secondary N) is 1. The average molecular weight is 310 g/mol. The lowest BCUT2D eigenvalue weighted by Crippen LogP contribution is -2.46. The van der Waals surface area contributed by atoms with Crippen LogP contribution in [0.4, 0.5) is 0 Å². The molecule has 0 aromatic heterocycles. The Balaban J connectivity index is 0.00000147. The summed E-state index contributed by atoms with van der Waals surface area (Å²) >= 11 is 5.95. The van der Waals surface area contributed by atoms with E-state index in [1.807, 2.05) is 54.6 Å². The Morgan fingerprint density at radius 1 is 1.00 bits per heavy atom. The van der Waals surface area contributed by atoms with E-state index in [1.165, 1.54) is 5.56 Å². The summed E-state index contributed by atoms with van der Waals surface area (Å²) in [6.07, 6.45) is 0.0842. The third-order valence-corrected chi connectivity index (χ3v) is 3.70. The van der Waals surface area contributed by atoms with Gasteiger partial charge in [-0.1, -0.05) is 41.9 Å². The zero-order chi connectivity index (χ0) is 13.1. The summed E-state index contributed by atoms with van der Waals surface area (Å²) in [5.74, 6) is 1.43. The van der Waals surface area contributed by atoms with Gasteiger partial charge in [0.25, 0.3) is 0 Å². The average Bonchev–Trinajstić information content (AvgIpc) is 2.38. The predicted molar refractivity (Wildman–Crippen MR) is 84.9 cm³/mol. The SMILES string of the molecule is Cl.Clc1ccc(C(Oc2ccccc2)C2CNC2)cc1. The van der Waals surface area contributed by atoms with Crippen LogP contribution in [0, 0.1) is 5.92 Å². The minimum absolute atomic E-state index is 0. The van der Waals surface area contributed by atoms with Crippen LogP contribution in [-0.2, 0) is 0 Å². The molecule has 0 saturated carbocycles. The Morgan fingerprint density at radius 2 is 1.65 bits per heavy atom. The Hall–Kier alpha value is -1.22. The first-order chi connectivity index (χ1) is 9.33. The van der Waals surface area contributed by atoms with Crippen molar-refractivity contribution < 1.29 is 4.74 Å². The van der Waals surface area contributed by atoms with Gasteiger partial charge in [-0.2, -0.15) is 0 Å². The van der Waals surface area contributed by atoms with Crippen molar-refractivity contribution in [3.63, 3.8) is 0 Å². The van der Waals surface area contributed by atoms with E-state index in [1.54, 1.807) is 0 Å². The number of halogens is 2. The normalized spacial score (nSPS) is 15.8. The molecule has 3 rings (SSSR count). The van der Waals surface area contributed by atoms with Gasteiger partial charge < -0.3 is 10.1 Å². The smallest absolute Gasteiger partial charge is 0.129 e. The molecule has 20 heavy (non-hydrogen) atoms. The molecule has 1 fully saturated rings. The molecule has 0 bridgehead atoms. The lowest BCUT2D eigenvalue weighted by molar-refractivity contribution is 0.0993. The molecule has 1 heterocycles. The van der Waals surface area contributed by atoms with Crippen LogP contribution in [0.3, 0.4) is 0 Å². The topological polar surface area (TPSA) is 21.3 Å². The second kappa shape index (κ2) is 6.98. The lowest BCUT2D eigenvalue weighted by atomic mass is 9.91. The van der Waals surface area contributed by atoms with E-state index in [-0.39, 0.29) is 18.5 Å². The summed E-state index contributed by atoms with van der Waals surface area (Å²) in [5, 5.41) is 4.06. The van der Waals surface area contributed by atoms with Gasteiger partial charge in [-0.3, -0.25) is 0 Å². The Morgan fingerprint density at radius 3 is 2.20 bits per heavy atom. The van der Waals surface area contributed by atoms with Crippen LogP contribution in [0.25, 0.3) is 0 Å². The molecule has 1 aliphatic heterocycles. The largest absolute Gasteiger partial charge is 0.485 e. The number of ether oxygens (including phenoxy) is 1. The standard InChI is InChI=1S/C16H16ClNO.ClH/c17-14-8-6-12(7-9-14)16(13-10-18-11-13)19-15-4-2-1-3-5-15;/h1-9,13,16,18H,10-11H2;1H. The highest BCUT2D eigenvalue weighted by molar-refractivity contribution is 6.30. The third kappa shape index (κ3) is 3.45. The number of rotatable bonds is 4. The van der Waals surface area contributed by atoms with Crippen molar-refractivity contribution in [2.45, 2.75) is 6.10 Å². The van der Waals surface area contributed by atoms with Crippen molar-refractivity contribution in [3.05, 3.63) is 65.2 Å². The summed E-state index contributed by atoms with van der Waals surface area (Å²) in [6.45, 7) is 2.00. The van der Waals surface area contributed by atoms with Gasteiger partial charge >= 0.3 is 0 Å². The number of para-hydroxylation sites is 1. The fraction of sp³-hybridized carbons (Fsp3) is 0.250. The third-order valence-electron chi connectivity index (χ3n) is 3.45. The molecule has 1 unspecified atom stereocenters. The fourth-order valence-corrected chi connectivity index (χ4v) is 2.39. The van der Waals surface area contributed by atoms with Gasteiger partial charge in [0.1, 0.15) is 11.9 Å². The molecule has 0 amide bonds. The molecule has 106 valence electrons. The van der Waals surface area contributed by atoms with Crippen LogP contribution in [-0.4, -0.2) is 13.1 Å². The van der Waals surface area contributed by atoms with Crippen molar-refractivity contribution in [2.24, 2.45) is 5.92 Å². The van der Waals surface area contributed by atoms with Gasteiger partial charge in [-0.15, -0.1) is 12.4 Å². The van der Waals surface area contributed by atoms with Crippen LogP contribution >= 0.6 is 24.0 Å². The van der Waals surface area contributed by atoms with E-state index in [0.29, 0.717) is 5.92 Å². The Kier molecular flexibility index (Phi) is 5.30. The summed E-state index contributed by atoms with van der Waals surface area (Å²) in [7, 11) is 0. The van der Waals surface area contributed by atoms with Crippen molar-refractivity contribution >= 4 is 24.0 Å². The van der Waals surface area contributed by atoms with Gasteiger partial charge in [0.15, 0.2) is 0 Å². The first kappa shape index (κ1) is 15.2. The van der Waals surface area contributed by atoms with E-state index < -0.39 is 0 Å². The highest BCUT2D eigenvalue weighted by Gasteiger charge is 2.30. The highest BCUT2D eigenvalue weighted by atomic mass is 35.5. The summed E-state index contributed by atoms with van der Waals surface area (Å²) in [4.78, 5) is 0. The van der Waals surface area contributed by atoms with Crippen LogP contribution < -0.4 is 10.1 Å². The van der Waals surface area contributed by atoms with E-state index in [2.05, 4.69) is 5.32 Å². The van der Waals surface area contributed by atoms with E-state index in [9.17, 15) is 0 Å². The maximum absolute atomic E-state index is 6.16. The summed E-state index contributed by atoms with van der Waals surface area (Å²) in [5.41, 5.74) is 1.18. The van der Waals surface area contributed by atoms with E-state index >= 15 is 0 Å². The van der Waals surface area contributed by atoms with Gasteiger partial charge in [-0.05, 0) is 29.8 Å². The molecule has 1 aliphatic rings. The first-order valence-electron chi connectivity index (χ1n) is 6.51. The predicted octanol–water partition coefficient (Wildman–Crippen LogP) is 4.10. The van der Waals surface area contributed by atoms with Crippen LogP contribution in [0.5, 0.6) is 5.75 Å². The van der Waals surface area contributed by atoms with Gasteiger partial charge in [-0.25, -0.2) is 0 Å². The maximum Gasteiger partial charge on any atom is 0.129 e. The lowest BCUT2D eigenvalue weighted by Gasteiger charge is -2.35. The summed E-state index contributed by atoms with van der Waals surface area (Å²) in [6, 6.07) is 17.9. The zero-order valence-corrected chi connectivity index (χ0v) is 12.5. The molecular weight excluding hydrogens is 293 g/mol. The van der Waals surface area contributed by atoms with Crippen molar-refractivity contribution in [1.82, 2.24) is 5.32 Å². The molecule has 1 atom stereocenters. The molecule has 2 aromatic carbocycles. The zero-order valence-electron chi connectivity index (χ0n) is 11.0. The Labute approximate surface area is 130 Å². The van der Waals surface area contributed by atoms with Crippen molar-refractivity contribution in [2.75, 3.05) is 13.1 Å². The highest BCUT2D eigenvalue weighted by Crippen LogP contribution is 2.31. The molecule has 1 N–H and O–H groups in total. The second-order valence-corrected chi connectivity index (χ2v) is 5.26. The maximum atomic E-state index is 6.16. The van der Waals surface area contributed by atoms with E-state index in [4.69, 9.17) is 16.3 Å². The minimum atomic E-state index is 0. The molecule has 0 aliphatic carbocycles. The number of hydrogen-bond donors (Lipinski definition) is 1. The molecule has 1 saturated heterocycles. The monoisotopic (exact) mass is 309 g/mol. The number of benzene rings is 2. The molecule has 2 aromatic rings. The fourth-order valence-electron chi connectivity index (χ4n) is 2.26. The van der Waals surface area contributed by atoms with Gasteiger partial charge in [0.05, 0.1) is 0 Å². The van der Waals surface area contributed by atoms with Crippen molar-refractivity contribution in [3.8, 4) is 5.75 Å². The molecule has 2 nitrogen and oxygen atoms in total.